The Morgan fingerprint density at radius 3 is 2.83 bits per heavy atom. The number of aryl methyl sites for hydroxylation is 1. The first-order valence-corrected chi connectivity index (χ1v) is 9.64. The van der Waals surface area contributed by atoms with E-state index in [1.807, 2.05) is 25.1 Å². The molecule has 1 unspecified atom stereocenters. The van der Waals surface area contributed by atoms with Gasteiger partial charge < -0.3 is 10.2 Å². The number of nitrogens with one attached hydrogen (secondary N) is 1. The van der Waals surface area contributed by atoms with Gasteiger partial charge in [-0.15, -0.1) is 6.58 Å². The average molecular weight is 402 g/mol. The van der Waals surface area contributed by atoms with E-state index in [0.717, 1.165) is 16.8 Å². The van der Waals surface area contributed by atoms with Gasteiger partial charge in [0.2, 0.25) is 11.8 Å². The highest BCUT2D eigenvalue weighted by atomic mass is 19.1. The standard InChI is InChI=1S/C23H19FN4O2/c1-3-9-27-19-8-7-14(2)10-17(19)23(22(27)30)12-20(29)26-21-18(23)13-25-28(21)16-6-4-5-15(24)11-16/h3-8,10-11,13H,1,9,12H2,2H3,(H,26,29). The highest BCUT2D eigenvalue weighted by molar-refractivity contribution is 6.16. The Morgan fingerprint density at radius 2 is 2.07 bits per heavy atom. The van der Waals surface area contributed by atoms with Crippen molar-refractivity contribution in [3.63, 3.8) is 0 Å². The maximum Gasteiger partial charge on any atom is 0.243 e. The monoisotopic (exact) mass is 402 g/mol. The van der Waals surface area contributed by atoms with Crippen LogP contribution in [0, 0.1) is 12.7 Å². The Labute approximate surface area is 172 Å². The molecule has 3 aromatic rings. The molecule has 0 bridgehead atoms. The SMILES string of the molecule is C=CCN1C(=O)C2(CC(=O)Nc3c2cnn3-c2cccc(F)c2)c2cc(C)ccc21. The molecule has 0 saturated heterocycles. The first-order valence-electron chi connectivity index (χ1n) is 9.64. The molecule has 1 aromatic heterocycles. The molecule has 30 heavy (non-hydrogen) atoms. The highest BCUT2D eigenvalue weighted by Gasteiger charge is 2.57. The van der Waals surface area contributed by atoms with Crippen molar-refractivity contribution in [3.8, 4) is 5.69 Å². The van der Waals surface area contributed by atoms with Gasteiger partial charge in [-0.1, -0.05) is 29.8 Å². The molecule has 1 atom stereocenters. The van der Waals surface area contributed by atoms with E-state index >= 15 is 0 Å². The average Bonchev–Trinajstić information content (AvgIpc) is 3.23. The fourth-order valence-corrected chi connectivity index (χ4v) is 4.52. The van der Waals surface area contributed by atoms with Crippen molar-refractivity contribution in [2.24, 2.45) is 0 Å². The number of halogens is 1. The third-order valence-electron chi connectivity index (χ3n) is 5.79. The zero-order valence-corrected chi connectivity index (χ0v) is 16.4. The minimum absolute atomic E-state index is 0.0161. The molecule has 7 heteroatoms. The Balaban J connectivity index is 1.78. The third-order valence-corrected chi connectivity index (χ3v) is 5.79. The van der Waals surface area contributed by atoms with Crippen molar-refractivity contribution < 1.29 is 14.0 Å². The van der Waals surface area contributed by atoms with Crippen LogP contribution in [0.5, 0.6) is 0 Å². The predicted molar refractivity (Wildman–Crippen MR) is 111 cm³/mol. The number of fused-ring (bicyclic) bond motifs is 4. The summed E-state index contributed by atoms with van der Waals surface area (Å²) in [7, 11) is 0. The fourth-order valence-electron chi connectivity index (χ4n) is 4.52. The summed E-state index contributed by atoms with van der Waals surface area (Å²) < 4.78 is 15.3. The quantitative estimate of drug-likeness (QED) is 0.682. The predicted octanol–water partition coefficient (Wildman–Crippen LogP) is 3.48. The number of nitrogens with zero attached hydrogens (tertiary/aromatic N) is 3. The number of carbonyl (C=O) groups is 2. The largest absolute Gasteiger partial charge is 0.310 e. The number of hydrogen-bond donors (Lipinski definition) is 1. The molecule has 2 amide bonds. The molecule has 0 aliphatic carbocycles. The van der Waals surface area contributed by atoms with Gasteiger partial charge in [-0.25, -0.2) is 9.07 Å². The molecule has 0 fully saturated rings. The molecule has 2 aliphatic rings. The van der Waals surface area contributed by atoms with Gasteiger partial charge in [0, 0.05) is 24.2 Å². The summed E-state index contributed by atoms with van der Waals surface area (Å²) in [6, 6.07) is 11.8. The van der Waals surface area contributed by atoms with E-state index in [0.29, 0.717) is 23.6 Å². The lowest BCUT2D eigenvalue weighted by molar-refractivity contribution is -0.126. The fraction of sp³-hybridized carbons (Fsp3) is 0.174. The van der Waals surface area contributed by atoms with Crippen LogP contribution in [0.1, 0.15) is 23.1 Å². The van der Waals surface area contributed by atoms with Gasteiger partial charge in [0.25, 0.3) is 0 Å². The molecule has 0 radical (unpaired) electrons. The van der Waals surface area contributed by atoms with Crippen LogP contribution in [0.25, 0.3) is 5.69 Å². The molecule has 1 N–H and O–H groups in total. The van der Waals surface area contributed by atoms with E-state index in [2.05, 4.69) is 17.0 Å². The second-order valence-corrected chi connectivity index (χ2v) is 7.65. The number of amides is 2. The summed E-state index contributed by atoms with van der Waals surface area (Å²) >= 11 is 0. The summed E-state index contributed by atoms with van der Waals surface area (Å²) in [5.41, 5.74) is 2.44. The van der Waals surface area contributed by atoms with E-state index < -0.39 is 11.2 Å². The zero-order valence-electron chi connectivity index (χ0n) is 16.4. The third kappa shape index (κ3) is 2.38. The molecule has 0 saturated carbocycles. The second-order valence-electron chi connectivity index (χ2n) is 7.65. The smallest absolute Gasteiger partial charge is 0.243 e. The van der Waals surface area contributed by atoms with Gasteiger partial charge >= 0.3 is 0 Å². The number of hydrogen-bond acceptors (Lipinski definition) is 3. The summed E-state index contributed by atoms with van der Waals surface area (Å²) in [5, 5.41) is 7.25. The van der Waals surface area contributed by atoms with Crippen LogP contribution in [0.15, 0.2) is 61.3 Å². The first kappa shape index (κ1) is 18.3. The van der Waals surface area contributed by atoms with Crippen molar-refractivity contribution in [2.75, 3.05) is 16.8 Å². The van der Waals surface area contributed by atoms with E-state index in [1.165, 1.54) is 16.8 Å². The van der Waals surface area contributed by atoms with Crippen LogP contribution >= 0.6 is 0 Å². The topological polar surface area (TPSA) is 67.2 Å². The zero-order chi connectivity index (χ0) is 21.0. The van der Waals surface area contributed by atoms with Gasteiger partial charge in [0.05, 0.1) is 11.9 Å². The second kappa shape index (κ2) is 6.38. The van der Waals surface area contributed by atoms with E-state index in [-0.39, 0.29) is 18.2 Å². The Morgan fingerprint density at radius 1 is 1.23 bits per heavy atom. The van der Waals surface area contributed by atoms with Crippen molar-refractivity contribution in [3.05, 3.63) is 83.8 Å². The van der Waals surface area contributed by atoms with Crippen LogP contribution in [0.3, 0.4) is 0 Å². The van der Waals surface area contributed by atoms with Gasteiger partial charge in [-0.05, 0) is 36.8 Å². The maximum atomic E-state index is 13.8. The maximum absolute atomic E-state index is 13.8. The Bertz CT molecular complexity index is 1230. The number of aromatic nitrogens is 2. The summed E-state index contributed by atoms with van der Waals surface area (Å²) in [6.07, 6.45) is 3.25. The van der Waals surface area contributed by atoms with Crippen molar-refractivity contribution in [1.82, 2.24) is 9.78 Å². The highest BCUT2D eigenvalue weighted by Crippen LogP contribution is 2.52. The molecule has 2 aliphatic heterocycles. The number of rotatable bonds is 3. The van der Waals surface area contributed by atoms with Crippen LogP contribution < -0.4 is 10.2 Å². The molecular formula is C23H19FN4O2. The first-order chi connectivity index (χ1) is 14.5. The normalized spacial score (nSPS) is 19.6. The molecule has 3 heterocycles. The Hall–Kier alpha value is -3.74. The number of carbonyl (C=O) groups excluding carboxylic acids is 2. The van der Waals surface area contributed by atoms with Gasteiger partial charge in [-0.2, -0.15) is 5.10 Å². The Kier molecular flexibility index (Phi) is 3.89. The lowest BCUT2D eigenvalue weighted by Crippen LogP contribution is -2.46. The van der Waals surface area contributed by atoms with Crippen molar-refractivity contribution >= 4 is 23.3 Å². The van der Waals surface area contributed by atoms with Crippen LogP contribution in [-0.2, 0) is 15.0 Å². The van der Waals surface area contributed by atoms with Crippen LogP contribution in [0.2, 0.25) is 0 Å². The summed E-state index contributed by atoms with van der Waals surface area (Å²) in [5.74, 6) is -0.499. The van der Waals surface area contributed by atoms with E-state index in [4.69, 9.17) is 0 Å². The molecule has 2 aromatic carbocycles. The summed E-state index contributed by atoms with van der Waals surface area (Å²) in [6.45, 7) is 6.06. The lowest BCUT2D eigenvalue weighted by Gasteiger charge is -2.32. The van der Waals surface area contributed by atoms with Crippen molar-refractivity contribution in [1.29, 1.82) is 0 Å². The van der Waals surface area contributed by atoms with E-state index in [1.54, 1.807) is 29.3 Å². The number of anilines is 2. The van der Waals surface area contributed by atoms with Crippen molar-refractivity contribution in [2.45, 2.75) is 18.8 Å². The molecular weight excluding hydrogens is 383 g/mol. The molecule has 5 rings (SSSR count). The molecule has 1 spiro atoms. The molecule has 150 valence electrons. The number of benzene rings is 2. The van der Waals surface area contributed by atoms with Gasteiger partial charge in [0.1, 0.15) is 17.1 Å². The molecule has 6 nitrogen and oxygen atoms in total. The minimum atomic E-state index is -1.17. The van der Waals surface area contributed by atoms with Crippen LogP contribution in [-0.4, -0.2) is 28.1 Å². The van der Waals surface area contributed by atoms with Gasteiger partial charge in [0.15, 0.2) is 0 Å². The van der Waals surface area contributed by atoms with Gasteiger partial charge in [-0.3, -0.25) is 9.59 Å². The lowest BCUT2D eigenvalue weighted by atomic mass is 9.71. The minimum Gasteiger partial charge on any atom is -0.310 e. The van der Waals surface area contributed by atoms with Crippen LogP contribution in [0.4, 0.5) is 15.9 Å². The van der Waals surface area contributed by atoms with E-state index in [9.17, 15) is 14.0 Å². The summed E-state index contributed by atoms with van der Waals surface area (Å²) in [4.78, 5) is 28.2.